The lowest BCUT2D eigenvalue weighted by molar-refractivity contribution is 0.409. The standard InChI is InChI=1S/C4H3N2O2S/c7-2-1-3(8)6-4(9)5-2/h(H3,5,6,7,8,9). The molecule has 9 heavy (non-hydrogen) atoms. The number of hydrogen-bond acceptors (Lipinski definition) is 5. The Morgan fingerprint density at radius 1 is 1.22 bits per heavy atom. The van der Waals surface area contributed by atoms with Gasteiger partial charge < -0.3 is 10.2 Å². The van der Waals surface area contributed by atoms with Crippen LogP contribution in [0.3, 0.4) is 0 Å². The molecule has 1 radical (unpaired) electrons. The van der Waals surface area contributed by atoms with Crippen molar-refractivity contribution in [1.82, 2.24) is 9.97 Å². The third-order valence-corrected chi connectivity index (χ3v) is 0.835. The molecule has 0 saturated heterocycles. The van der Waals surface area contributed by atoms with Crippen LogP contribution < -0.4 is 0 Å². The number of rotatable bonds is 0. The van der Waals surface area contributed by atoms with E-state index in [4.69, 9.17) is 10.2 Å². The van der Waals surface area contributed by atoms with E-state index in [9.17, 15) is 0 Å². The van der Waals surface area contributed by atoms with Gasteiger partial charge in [0.05, 0.1) is 0 Å². The van der Waals surface area contributed by atoms with Crippen molar-refractivity contribution in [3.63, 3.8) is 0 Å². The summed E-state index contributed by atoms with van der Waals surface area (Å²) in [7, 11) is 0. The predicted octanol–water partition coefficient (Wildman–Crippen LogP) is -0.0233. The molecular formula is C4H3N2O2S. The van der Waals surface area contributed by atoms with E-state index in [1.807, 2.05) is 0 Å². The van der Waals surface area contributed by atoms with Gasteiger partial charge in [0.2, 0.25) is 11.8 Å². The van der Waals surface area contributed by atoms with Gasteiger partial charge in [-0.2, -0.15) is 9.97 Å². The Morgan fingerprint density at radius 2 is 1.67 bits per heavy atom. The highest BCUT2D eigenvalue weighted by Gasteiger charge is 1.96. The van der Waals surface area contributed by atoms with Crippen LogP contribution in [0.1, 0.15) is 0 Å². The van der Waals surface area contributed by atoms with Gasteiger partial charge in [-0.3, -0.25) is 0 Å². The summed E-state index contributed by atoms with van der Waals surface area (Å²) in [6.45, 7) is 0. The van der Waals surface area contributed by atoms with Crippen LogP contribution in [0.4, 0.5) is 0 Å². The molecule has 1 aromatic rings. The second-order valence-electron chi connectivity index (χ2n) is 1.30. The van der Waals surface area contributed by atoms with Crippen molar-refractivity contribution in [2.75, 3.05) is 0 Å². The van der Waals surface area contributed by atoms with E-state index in [-0.39, 0.29) is 5.16 Å². The van der Waals surface area contributed by atoms with E-state index in [0.29, 0.717) is 0 Å². The quantitative estimate of drug-likeness (QED) is 0.352. The number of hydrogen-bond donors (Lipinski definition) is 3. The van der Waals surface area contributed by atoms with Crippen LogP contribution in [0.2, 0.25) is 0 Å². The molecule has 0 aliphatic heterocycles. The Kier molecular flexibility index (Phi) is 1.44. The van der Waals surface area contributed by atoms with Crippen LogP contribution in [0.15, 0.2) is 5.16 Å². The fraction of sp³-hybridized carbons (Fsp3) is 0. The molecule has 0 fully saturated rings. The lowest BCUT2D eigenvalue weighted by Crippen LogP contribution is -1.82. The monoisotopic (exact) mass is 143 g/mol. The van der Waals surface area contributed by atoms with Gasteiger partial charge in [-0.05, 0) is 0 Å². The first-order valence-corrected chi connectivity index (χ1v) is 2.51. The molecular weight excluding hydrogens is 140 g/mol. The maximum Gasteiger partial charge on any atom is 0.227 e. The zero-order valence-corrected chi connectivity index (χ0v) is 5.13. The topological polar surface area (TPSA) is 66.2 Å². The zero-order valence-electron chi connectivity index (χ0n) is 4.24. The molecule has 1 heterocycles. The Balaban J connectivity index is 3.17. The fourth-order valence-electron chi connectivity index (χ4n) is 0.370. The molecule has 0 bridgehead atoms. The van der Waals surface area contributed by atoms with E-state index in [1.54, 1.807) is 0 Å². The van der Waals surface area contributed by atoms with Crippen molar-refractivity contribution in [2.24, 2.45) is 0 Å². The molecule has 2 N–H and O–H groups in total. The van der Waals surface area contributed by atoms with Gasteiger partial charge in [-0.15, -0.1) is 12.6 Å². The number of nitrogens with zero attached hydrogens (tertiary/aromatic N) is 2. The normalized spacial score (nSPS) is 9.44. The van der Waals surface area contributed by atoms with Crippen molar-refractivity contribution >= 4 is 12.6 Å². The van der Waals surface area contributed by atoms with E-state index >= 15 is 0 Å². The lowest BCUT2D eigenvalue weighted by Gasteiger charge is -1.91. The molecule has 0 amide bonds. The van der Waals surface area contributed by atoms with Gasteiger partial charge >= 0.3 is 0 Å². The highest BCUT2D eigenvalue weighted by Crippen LogP contribution is 2.11. The predicted molar refractivity (Wildman–Crippen MR) is 31.4 cm³/mol. The van der Waals surface area contributed by atoms with Crippen molar-refractivity contribution in [3.05, 3.63) is 6.07 Å². The average Bonchev–Trinajstić information content (AvgIpc) is 1.59. The SMILES string of the molecule is Oc1[c]c(O)nc(S)n1. The largest absolute Gasteiger partial charge is 0.493 e. The summed E-state index contributed by atoms with van der Waals surface area (Å²) in [5.41, 5.74) is 0. The fourth-order valence-corrected chi connectivity index (χ4v) is 0.560. The average molecular weight is 143 g/mol. The van der Waals surface area contributed by atoms with E-state index in [1.165, 1.54) is 0 Å². The van der Waals surface area contributed by atoms with E-state index in [2.05, 4.69) is 28.7 Å². The number of thiol groups is 1. The molecule has 4 nitrogen and oxygen atoms in total. The van der Waals surface area contributed by atoms with Gasteiger partial charge in [0, 0.05) is 0 Å². The smallest absolute Gasteiger partial charge is 0.227 e. The molecule has 47 valence electrons. The molecule has 0 aliphatic carbocycles. The highest BCUT2D eigenvalue weighted by atomic mass is 32.1. The Morgan fingerprint density at radius 3 is 2.00 bits per heavy atom. The zero-order chi connectivity index (χ0) is 6.85. The molecule has 0 atom stereocenters. The molecule has 0 unspecified atom stereocenters. The van der Waals surface area contributed by atoms with Crippen molar-refractivity contribution in [1.29, 1.82) is 0 Å². The third kappa shape index (κ3) is 1.46. The Bertz CT molecular complexity index is 177. The maximum atomic E-state index is 8.58. The summed E-state index contributed by atoms with van der Waals surface area (Å²) in [6.07, 6.45) is 0. The lowest BCUT2D eigenvalue weighted by atomic mass is 10.6. The van der Waals surface area contributed by atoms with Gasteiger partial charge in [-0.1, -0.05) is 0 Å². The van der Waals surface area contributed by atoms with Gasteiger partial charge in [0.15, 0.2) is 5.16 Å². The van der Waals surface area contributed by atoms with Crippen LogP contribution >= 0.6 is 12.6 Å². The first-order valence-electron chi connectivity index (χ1n) is 2.07. The molecule has 5 heteroatoms. The molecule has 0 spiro atoms. The molecule has 0 aliphatic rings. The van der Waals surface area contributed by atoms with Crippen molar-refractivity contribution < 1.29 is 10.2 Å². The summed E-state index contributed by atoms with van der Waals surface area (Å²) in [5, 5.41) is 17.2. The molecule has 0 saturated carbocycles. The second kappa shape index (κ2) is 2.10. The van der Waals surface area contributed by atoms with Crippen LogP contribution in [0.5, 0.6) is 11.8 Å². The van der Waals surface area contributed by atoms with Gasteiger partial charge in [0.1, 0.15) is 6.07 Å². The summed E-state index contributed by atoms with van der Waals surface area (Å²) in [4.78, 5) is 6.66. The second-order valence-corrected chi connectivity index (χ2v) is 1.70. The summed E-state index contributed by atoms with van der Waals surface area (Å²) in [6, 6.07) is 2.05. The summed E-state index contributed by atoms with van der Waals surface area (Å²) >= 11 is 3.66. The third-order valence-electron chi connectivity index (χ3n) is 0.635. The minimum atomic E-state index is -0.410. The molecule has 1 aromatic heterocycles. The van der Waals surface area contributed by atoms with Crippen molar-refractivity contribution in [3.8, 4) is 11.8 Å². The minimum absolute atomic E-state index is 0.0174. The number of aromatic nitrogens is 2. The Labute approximate surface area is 56.6 Å². The van der Waals surface area contributed by atoms with E-state index < -0.39 is 11.8 Å². The first kappa shape index (κ1) is 6.15. The van der Waals surface area contributed by atoms with Gasteiger partial charge in [0.25, 0.3) is 0 Å². The van der Waals surface area contributed by atoms with Crippen LogP contribution in [0.25, 0.3) is 0 Å². The first-order chi connectivity index (χ1) is 4.18. The highest BCUT2D eigenvalue weighted by molar-refractivity contribution is 7.80. The van der Waals surface area contributed by atoms with Crippen LogP contribution in [-0.2, 0) is 0 Å². The van der Waals surface area contributed by atoms with Gasteiger partial charge in [-0.25, -0.2) is 0 Å². The summed E-state index contributed by atoms with van der Waals surface area (Å²) < 4.78 is 0. The molecule has 1 rings (SSSR count). The van der Waals surface area contributed by atoms with Crippen molar-refractivity contribution in [2.45, 2.75) is 5.16 Å². The minimum Gasteiger partial charge on any atom is -0.493 e. The number of aromatic hydroxyl groups is 2. The summed E-state index contributed by atoms with van der Waals surface area (Å²) in [5.74, 6) is -0.819. The Hall–Kier alpha value is -0.970. The maximum absolute atomic E-state index is 8.58. The van der Waals surface area contributed by atoms with Crippen LogP contribution in [-0.4, -0.2) is 20.2 Å². The van der Waals surface area contributed by atoms with E-state index in [0.717, 1.165) is 0 Å². The molecule has 0 aromatic carbocycles. The van der Waals surface area contributed by atoms with Crippen LogP contribution in [0, 0.1) is 6.07 Å².